The Hall–Kier alpha value is -1.96. The topological polar surface area (TPSA) is 105 Å². The molecule has 0 saturated carbocycles. The van der Waals surface area contributed by atoms with Crippen molar-refractivity contribution in [3.05, 3.63) is 34.1 Å². The molecule has 1 aliphatic rings. The molecule has 0 aliphatic carbocycles. The zero-order chi connectivity index (χ0) is 17.5. The maximum atomic E-state index is 12.6. The van der Waals surface area contributed by atoms with Gasteiger partial charge in [0.2, 0.25) is 0 Å². The standard InChI is InChI=1S/C17H22N2O5/c1-17(2)6-7-19-14-10(17)4-3-5-11(14)18-15(16(19)23)24-9-13(22)12(21)8-20/h3-5,12-13,20-22H,6-9H2,1-2H3. The summed E-state index contributed by atoms with van der Waals surface area (Å²) >= 11 is 0. The summed E-state index contributed by atoms with van der Waals surface area (Å²) in [7, 11) is 0. The average Bonchev–Trinajstić information content (AvgIpc) is 2.57. The molecule has 2 unspecified atom stereocenters. The van der Waals surface area contributed by atoms with Crippen LogP contribution in [-0.4, -0.2) is 50.3 Å². The minimum atomic E-state index is -1.32. The number of aliphatic hydroxyl groups excluding tert-OH is 3. The summed E-state index contributed by atoms with van der Waals surface area (Å²) in [4.78, 5) is 16.9. The van der Waals surface area contributed by atoms with Gasteiger partial charge in [-0.1, -0.05) is 26.0 Å². The lowest BCUT2D eigenvalue weighted by Crippen LogP contribution is -2.37. The Bertz CT molecular complexity index is 814. The van der Waals surface area contributed by atoms with E-state index in [2.05, 4.69) is 18.8 Å². The van der Waals surface area contributed by atoms with Crippen LogP contribution in [-0.2, 0) is 12.0 Å². The van der Waals surface area contributed by atoms with E-state index in [0.29, 0.717) is 12.1 Å². The lowest BCUT2D eigenvalue weighted by molar-refractivity contribution is -0.0348. The van der Waals surface area contributed by atoms with Crippen LogP contribution < -0.4 is 10.3 Å². The van der Waals surface area contributed by atoms with Gasteiger partial charge in [-0.25, -0.2) is 4.98 Å². The molecule has 2 aromatic rings. The van der Waals surface area contributed by atoms with Gasteiger partial charge in [-0.3, -0.25) is 4.79 Å². The zero-order valence-corrected chi connectivity index (χ0v) is 13.8. The Balaban J connectivity index is 2.02. The van der Waals surface area contributed by atoms with Gasteiger partial charge in [0.1, 0.15) is 18.8 Å². The number of ether oxygens (including phenoxy) is 1. The highest BCUT2D eigenvalue weighted by atomic mass is 16.5. The first-order valence-electron chi connectivity index (χ1n) is 7.99. The van der Waals surface area contributed by atoms with Crippen LogP contribution in [0.25, 0.3) is 11.0 Å². The molecule has 24 heavy (non-hydrogen) atoms. The number of benzene rings is 1. The molecule has 0 fully saturated rings. The summed E-state index contributed by atoms with van der Waals surface area (Å²) < 4.78 is 6.98. The van der Waals surface area contributed by atoms with E-state index in [9.17, 15) is 15.0 Å². The van der Waals surface area contributed by atoms with E-state index in [1.54, 1.807) is 4.57 Å². The second kappa shape index (κ2) is 6.16. The number of aromatic nitrogens is 2. The summed E-state index contributed by atoms with van der Waals surface area (Å²) in [5, 5.41) is 27.8. The van der Waals surface area contributed by atoms with Crippen LogP contribution in [0.4, 0.5) is 0 Å². The van der Waals surface area contributed by atoms with Gasteiger partial charge >= 0.3 is 5.56 Å². The van der Waals surface area contributed by atoms with E-state index in [1.165, 1.54) is 0 Å². The molecule has 0 spiro atoms. The second-order valence-corrected chi connectivity index (χ2v) is 6.81. The maximum absolute atomic E-state index is 12.6. The Labute approximate surface area is 139 Å². The lowest BCUT2D eigenvalue weighted by Gasteiger charge is -2.32. The van der Waals surface area contributed by atoms with E-state index in [-0.39, 0.29) is 23.5 Å². The van der Waals surface area contributed by atoms with E-state index >= 15 is 0 Å². The number of hydrogen-bond acceptors (Lipinski definition) is 6. The van der Waals surface area contributed by atoms with Crippen molar-refractivity contribution in [3.8, 4) is 5.88 Å². The Kier molecular flexibility index (Phi) is 4.33. The van der Waals surface area contributed by atoms with E-state index in [4.69, 9.17) is 9.84 Å². The maximum Gasteiger partial charge on any atom is 0.313 e. The van der Waals surface area contributed by atoms with Crippen molar-refractivity contribution in [1.29, 1.82) is 0 Å². The first kappa shape index (κ1) is 16.9. The van der Waals surface area contributed by atoms with E-state index < -0.39 is 18.8 Å². The van der Waals surface area contributed by atoms with Crippen molar-refractivity contribution in [2.45, 2.75) is 44.4 Å². The monoisotopic (exact) mass is 334 g/mol. The summed E-state index contributed by atoms with van der Waals surface area (Å²) in [5.41, 5.74) is 2.18. The third kappa shape index (κ3) is 2.79. The minimum absolute atomic E-state index is 0.0303. The van der Waals surface area contributed by atoms with Gasteiger partial charge in [0, 0.05) is 6.54 Å². The number of para-hydroxylation sites is 1. The van der Waals surface area contributed by atoms with Gasteiger partial charge in [0.05, 0.1) is 17.6 Å². The molecule has 7 heteroatoms. The van der Waals surface area contributed by atoms with Crippen LogP contribution in [0.1, 0.15) is 25.8 Å². The molecule has 0 amide bonds. The summed E-state index contributed by atoms with van der Waals surface area (Å²) in [5.74, 6) is -0.108. The molecule has 130 valence electrons. The fraction of sp³-hybridized carbons (Fsp3) is 0.529. The fourth-order valence-electron chi connectivity index (χ4n) is 3.06. The van der Waals surface area contributed by atoms with Gasteiger partial charge in [0.15, 0.2) is 0 Å². The predicted molar refractivity (Wildman–Crippen MR) is 88.2 cm³/mol. The van der Waals surface area contributed by atoms with Crippen LogP contribution in [0.5, 0.6) is 5.88 Å². The van der Waals surface area contributed by atoms with Crippen LogP contribution in [0, 0.1) is 0 Å². The number of hydrogen-bond donors (Lipinski definition) is 3. The minimum Gasteiger partial charge on any atom is -0.471 e. The highest BCUT2D eigenvalue weighted by Crippen LogP contribution is 2.36. The van der Waals surface area contributed by atoms with Crippen LogP contribution in [0.3, 0.4) is 0 Å². The molecule has 2 heterocycles. The summed E-state index contributed by atoms with van der Waals surface area (Å²) in [6.07, 6.45) is -1.79. The number of nitrogens with zero attached hydrogens (tertiary/aromatic N) is 2. The Morgan fingerprint density at radius 2 is 2.08 bits per heavy atom. The Morgan fingerprint density at radius 1 is 1.33 bits per heavy atom. The highest BCUT2D eigenvalue weighted by Gasteiger charge is 2.30. The average molecular weight is 334 g/mol. The molecule has 0 saturated heterocycles. The molecular weight excluding hydrogens is 312 g/mol. The van der Waals surface area contributed by atoms with E-state index in [0.717, 1.165) is 17.5 Å². The van der Waals surface area contributed by atoms with Gasteiger partial charge in [0.25, 0.3) is 5.88 Å². The summed E-state index contributed by atoms with van der Waals surface area (Å²) in [6, 6.07) is 5.74. The molecule has 1 aromatic heterocycles. The molecule has 1 aromatic carbocycles. The molecule has 2 atom stereocenters. The Morgan fingerprint density at radius 3 is 2.79 bits per heavy atom. The number of aryl methyl sites for hydroxylation is 1. The normalized spacial score (nSPS) is 18.4. The fourth-order valence-corrected chi connectivity index (χ4v) is 3.06. The van der Waals surface area contributed by atoms with Gasteiger partial charge in [-0.15, -0.1) is 0 Å². The first-order valence-corrected chi connectivity index (χ1v) is 7.99. The lowest BCUT2D eigenvalue weighted by atomic mass is 9.79. The largest absolute Gasteiger partial charge is 0.471 e. The van der Waals surface area contributed by atoms with Crippen LogP contribution in [0.2, 0.25) is 0 Å². The summed E-state index contributed by atoms with van der Waals surface area (Å²) in [6.45, 7) is 3.96. The van der Waals surface area contributed by atoms with Crippen molar-refractivity contribution in [2.75, 3.05) is 13.2 Å². The zero-order valence-electron chi connectivity index (χ0n) is 13.8. The molecule has 1 aliphatic heterocycles. The predicted octanol–water partition coefficient (Wildman–Crippen LogP) is 0.171. The van der Waals surface area contributed by atoms with Gasteiger partial charge in [-0.2, -0.15) is 0 Å². The molecular formula is C17H22N2O5. The second-order valence-electron chi connectivity index (χ2n) is 6.81. The third-order valence-corrected chi connectivity index (χ3v) is 4.65. The number of aliphatic hydroxyl groups is 3. The third-order valence-electron chi connectivity index (χ3n) is 4.65. The van der Waals surface area contributed by atoms with Crippen molar-refractivity contribution >= 4 is 11.0 Å². The quantitative estimate of drug-likeness (QED) is 0.720. The van der Waals surface area contributed by atoms with Crippen LogP contribution >= 0.6 is 0 Å². The van der Waals surface area contributed by atoms with Crippen LogP contribution in [0.15, 0.2) is 23.0 Å². The molecule has 0 bridgehead atoms. The molecule has 3 N–H and O–H groups in total. The van der Waals surface area contributed by atoms with Gasteiger partial charge < -0.3 is 24.6 Å². The van der Waals surface area contributed by atoms with Gasteiger partial charge in [-0.05, 0) is 23.5 Å². The smallest absolute Gasteiger partial charge is 0.313 e. The number of rotatable bonds is 5. The SMILES string of the molecule is CC1(C)CCn2c(=O)c(OCC(O)C(O)CO)nc3cccc1c32. The first-order chi connectivity index (χ1) is 11.3. The molecule has 0 radical (unpaired) electrons. The van der Waals surface area contributed by atoms with Crippen molar-refractivity contribution in [1.82, 2.24) is 9.55 Å². The van der Waals surface area contributed by atoms with Crippen molar-refractivity contribution < 1.29 is 20.1 Å². The van der Waals surface area contributed by atoms with Crippen molar-refractivity contribution in [3.63, 3.8) is 0 Å². The van der Waals surface area contributed by atoms with Crippen molar-refractivity contribution in [2.24, 2.45) is 0 Å². The molecule has 3 rings (SSSR count). The highest BCUT2D eigenvalue weighted by molar-refractivity contribution is 5.80. The molecule has 7 nitrogen and oxygen atoms in total. The van der Waals surface area contributed by atoms with E-state index in [1.807, 2.05) is 18.2 Å².